The zero-order valence-electron chi connectivity index (χ0n) is 11.7. The van der Waals surface area contributed by atoms with E-state index in [4.69, 9.17) is 9.47 Å². The topological polar surface area (TPSA) is 35.5 Å². The van der Waals surface area contributed by atoms with Crippen LogP contribution in [0.1, 0.15) is 40.5 Å². The molecule has 3 aliphatic rings. The Bertz CT molecular complexity index is 423. The molecule has 0 aromatic heterocycles. The summed E-state index contributed by atoms with van der Waals surface area (Å²) in [7, 11) is 0. The number of ether oxygens (including phenoxy) is 2. The van der Waals surface area contributed by atoms with Gasteiger partial charge in [-0.1, -0.05) is 27.7 Å². The third-order valence-corrected chi connectivity index (χ3v) is 5.32. The molecule has 100 valence electrons. The lowest BCUT2D eigenvalue weighted by atomic mass is 9.52. The van der Waals surface area contributed by atoms with Crippen LogP contribution in [0.25, 0.3) is 0 Å². The van der Waals surface area contributed by atoms with Crippen molar-refractivity contribution >= 4 is 5.97 Å². The van der Waals surface area contributed by atoms with E-state index in [1.54, 1.807) is 0 Å². The van der Waals surface area contributed by atoms with E-state index in [2.05, 4.69) is 27.7 Å². The van der Waals surface area contributed by atoms with Crippen LogP contribution in [0.4, 0.5) is 0 Å². The Balaban J connectivity index is 2.14. The molecule has 3 nitrogen and oxygen atoms in total. The first-order valence-electron chi connectivity index (χ1n) is 6.90. The second kappa shape index (κ2) is 3.52. The average molecular weight is 250 g/mol. The molecule has 1 saturated heterocycles. The first-order valence-corrected chi connectivity index (χ1v) is 6.90. The summed E-state index contributed by atoms with van der Waals surface area (Å²) < 4.78 is 11.4. The smallest absolute Gasteiger partial charge is 0.310 e. The molecule has 0 amide bonds. The highest BCUT2D eigenvalue weighted by Crippen LogP contribution is 2.60. The molecule has 0 unspecified atom stereocenters. The van der Waals surface area contributed by atoms with Crippen LogP contribution >= 0.6 is 0 Å². The molecular weight excluding hydrogens is 228 g/mol. The summed E-state index contributed by atoms with van der Waals surface area (Å²) in [6.07, 6.45) is 4.10. The SMILES string of the molecule is C[C@@H]1COC(=O)[C@H]2C(C)(C)CC[C@@H]3OC=C1[C@@]32C. The summed E-state index contributed by atoms with van der Waals surface area (Å²) in [6, 6.07) is 0. The molecule has 0 bridgehead atoms. The Labute approximate surface area is 109 Å². The van der Waals surface area contributed by atoms with E-state index in [0.29, 0.717) is 6.61 Å². The van der Waals surface area contributed by atoms with Crippen molar-refractivity contribution in [3.8, 4) is 0 Å². The van der Waals surface area contributed by atoms with E-state index in [1.165, 1.54) is 5.57 Å². The van der Waals surface area contributed by atoms with Gasteiger partial charge in [0.15, 0.2) is 0 Å². The van der Waals surface area contributed by atoms with Crippen molar-refractivity contribution in [2.75, 3.05) is 6.61 Å². The highest BCUT2D eigenvalue weighted by molar-refractivity contribution is 5.76. The maximum Gasteiger partial charge on any atom is 0.310 e. The second-order valence-electron chi connectivity index (χ2n) is 6.97. The summed E-state index contributed by atoms with van der Waals surface area (Å²) >= 11 is 0. The Kier molecular flexibility index (Phi) is 2.36. The van der Waals surface area contributed by atoms with Crippen LogP contribution in [0, 0.1) is 22.7 Å². The minimum absolute atomic E-state index is 0.0147. The number of rotatable bonds is 0. The van der Waals surface area contributed by atoms with Gasteiger partial charge in [-0.05, 0) is 23.8 Å². The van der Waals surface area contributed by atoms with Gasteiger partial charge >= 0.3 is 5.97 Å². The van der Waals surface area contributed by atoms with Gasteiger partial charge in [-0.25, -0.2) is 0 Å². The molecule has 18 heavy (non-hydrogen) atoms. The van der Waals surface area contributed by atoms with Crippen molar-refractivity contribution in [1.29, 1.82) is 0 Å². The molecule has 4 atom stereocenters. The zero-order chi connectivity index (χ0) is 13.1. The summed E-state index contributed by atoms with van der Waals surface area (Å²) in [5.74, 6) is 0.151. The molecule has 1 aliphatic carbocycles. The molecule has 3 rings (SSSR count). The van der Waals surface area contributed by atoms with E-state index in [0.717, 1.165) is 12.8 Å². The zero-order valence-corrected chi connectivity index (χ0v) is 11.7. The van der Waals surface area contributed by atoms with Gasteiger partial charge in [-0.3, -0.25) is 4.79 Å². The van der Waals surface area contributed by atoms with Crippen molar-refractivity contribution < 1.29 is 14.3 Å². The van der Waals surface area contributed by atoms with Crippen LogP contribution in [0.2, 0.25) is 0 Å². The van der Waals surface area contributed by atoms with E-state index in [1.807, 2.05) is 6.26 Å². The highest BCUT2D eigenvalue weighted by Gasteiger charge is 2.62. The molecule has 2 heterocycles. The van der Waals surface area contributed by atoms with Crippen molar-refractivity contribution in [3.63, 3.8) is 0 Å². The summed E-state index contributed by atoms with van der Waals surface area (Å²) in [6.45, 7) is 9.19. The number of esters is 1. The van der Waals surface area contributed by atoms with Gasteiger partial charge in [0.2, 0.25) is 0 Å². The van der Waals surface area contributed by atoms with Gasteiger partial charge in [0.1, 0.15) is 6.10 Å². The third-order valence-electron chi connectivity index (χ3n) is 5.32. The molecule has 0 radical (unpaired) electrons. The number of carbonyl (C=O) groups excluding carboxylic acids is 1. The Morgan fingerprint density at radius 3 is 2.78 bits per heavy atom. The average Bonchev–Trinajstić information content (AvgIpc) is 2.56. The molecule has 2 aliphatic heterocycles. The van der Waals surface area contributed by atoms with E-state index < -0.39 is 0 Å². The fraction of sp³-hybridized carbons (Fsp3) is 0.800. The predicted octanol–water partition coefficient (Wildman–Crippen LogP) is 2.90. The number of cyclic esters (lactones) is 1. The molecule has 1 saturated carbocycles. The van der Waals surface area contributed by atoms with Gasteiger partial charge in [0.25, 0.3) is 0 Å². The quantitative estimate of drug-likeness (QED) is 0.620. The van der Waals surface area contributed by atoms with Crippen molar-refractivity contribution in [1.82, 2.24) is 0 Å². The van der Waals surface area contributed by atoms with Crippen LogP contribution in [0.15, 0.2) is 11.8 Å². The van der Waals surface area contributed by atoms with Crippen LogP contribution in [0.5, 0.6) is 0 Å². The normalized spacial score (nSPS) is 45.4. The van der Waals surface area contributed by atoms with Crippen molar-refractivity contribution in [2.45, 2.75) is 46.6 Å². The lowest BCUT2D eigenvalue weighted by Crippen LogP contribution is -2.52. The van der Waals surface area contributed by atoms with Gasteiger partial charge in [-0.15, -0.1) is 0 Å². The first kappa shape index (κ1) is 12.1. The van der Waals surface area contributed by atoms with Crippen molar-refractivity contribution in [3.05, 3.63) is 11.8 Å². The van der Waals surface area contributed by atoms with Gasteiger partial charge < -0.3 is 9.47 Å². The maximum absolute atomic E-state index is 12.4. The minimum Gasteiger partial charge on any atom is -0.497 e. The van der Waals surface area contributed by atoms with Crippen LogP contribution in [-0.2, 0) is 14.3 Å². The minimum atomic E-state index is -0.172. The van der Waals surface area contributed by atoms with Crippen LogP contribution in [0.3, 0.4) is 0 Å². The van der Waals surface area contributed by atoms with E-state index >= 15 is 0 Å². The molecule has 2 fully saturated rings. The van der Waals surface area contributed by atoms with E-state index in [-0.39, 0.29) is 34.7 Å². The fourth-order valence-corrected chi connectivity index (χ4v) is 4.38. The molecule has 0 spiro atoms. The van der Waals surface area contributed by atoms with Gasteiger partial charge in [0.05, 0.1) is 18.8 Å². The second-order valence-corrected chi connectivity index (χ2v) is 6.97. The Morgan fingerprint density at radius 1 is 1.33 bits per heavy atom. The largest absolute Gasteiger partial charge is 0.497 e. The fourth-order valence-electron chi connectivity index (χ4n) is 4.38. The predicted molar refractivity (Wildman–Crippen MR) is 67.7 cm³/mol. The molecule has 3 heteroatoms. The van der Waals surface area contributed by atoms with Crippen LogP contribution < -0.4 is 0 Å². The first-order chi connectivity index (χ1) is 8.37. The lowest BCUT2D eigenvalue weighted by Gasteiger charge is -2.50. The molecule has 0 aromatic carbocycles. The van der Waals surface area contributed by atoms with Gasteiger partial charge in [0, 0.05) is 11.3 Å². The maximum atomic E-state index is 12.4. The monoisotopic (exact) mass is 250 g/mol. The molecule has 0 aromatic rings. The summed E-state index contributed by atoms with van der Waals surface area (Å²) in [5, 5.41) is 0. The highest BCUT2D eigenvalue weighted by atomic mass is 16.5. The third kappa shape index (κ3) is 1.33. The van der Waals surface area contributed by atoms with Crippen LogP contribution in [-0.4, -0.2) is 18.7 Å². The number of hydrogen-bond donors (Lipinski definition) is 0. The summed E-state index contributed by atoms with van der Waals surface area (Å²) in [5.41, 5.74) is 1.09. The molecule has 0 N–H and O–H groups in total. The lowest BCUT2D eigenvalue weighted by molar-refractivity contribution is -0.164. The van der Waals surface area contributed by atoms with Gasteiger partial charge in [-0.2, -0.15) is 0 Å². The summed E-state index contributed by atoms with van der Waals surface area (Å²) in [4.78, 5) is 12.4. The van der Waals surface area contributed by atoms with Crippen molar-refractivity contribution in [2.24, 2.45) is 22.7 Å². The molecular formula is C15H22O3. The standard InChI is InChI=1S/C15H22O3/c1-9-7-18-13(16)12-14(2,3)6-5-11-15(12,4)10(9)8-17-11/h8-9,11-12H,5-7H2,1-4H3/t9-,11+,12+,15+/m1/s1. The number of carbonyl (C=O) groups is 1. The van der Waals surface area contributed by atoms with E-state index in [9.17, 15) is 4.79 Å². The number of hydrogen-bond acceptors (Lipinski definition) is 3. The Hall–Kier alpha value is -0.990. The Morgan fingerprint density at radius 2 is 2.06 bits per heavy atom.